The second-order valence-electron chi connectivity index (χ2n) is 6.25. The van der Waals surface area contributed by atoms with E-state index in [0.717, 1.165) is 0 Å². The van der Waals surface area contributed by atoms with Crippen LogP contribution >= 0.6 is 0 Å². The zero-order valence-corrected chi connectivity index (χ0v) is 12.5. The molecule has 0 unspecified atom stereocenters. The monoisotopic (exact) mass is 285 g/mol. The van der Waals surface area contributed by atoms with Gasteiger partial charge in [0.05, 0.1) is 17.6 Å². The van der Waals surface area contributed by atoms with E-state index in [1.54, 1.807) is 29.2 Å². The highest BCUT2D eigenvalue weighted by Gasteiger charge is 2.39. The first-order chi connectivity index (χ1) is 9.81. The molecule has 5 heteroatoms. The molecule has 2 rings (SSSR count). The molecule has 0 radical (unpaired) electrons. The molecule has 1 heterocycles. The van der Waals surface area contributed by atoms with Gasteiger partial charge in [0.2, 0.25) is 11.8 Å². The zero-order chi connectivity index (χ0) is 15.6. The maximum absolute atomic E-state index is 12.2. The molecule has 1 fully saturated rings. The quantitative estimate of drug-likeness (QED) is 0.904. The van der Waals surface area contributed by atoms with E-state index in [0.29, 0.717) is 17.8 Å². The highest BCUT2D eigenvalue weighted by atomic mass is 16.2. The molecule has 1 saturated heterocycles. The summed E-state index contributed by atoms with van der Waals surface area (Å²) in [5.74, 6) is -0.463. The molecule has 1 aliphatic rings. The normalized spacial score (nSPS) is 18.5. The van der Waals surface area contributed by atoms with Gasteiger partial charge in [-0.05, 0) is 45.0 Å². The number of carbonyl (C=O) groups is 2. The van der Waals surface area contributed by atoms with Gasteiger partial charge in [0.25, 0.3) is 0 Å². The Bertz CT molecular complexity index is 593. The zero-order valence-electron chi connectivity index (χ0n) is 12.5. The van der Waals surface area contributed by atoms with Gasteiger partial charge in [0, 0.05) is 24.2 Å². The average molecular weight is 285 g/mol. The van der Waals surface area contributed by atoms with Crippen molar-refractivity contribution in [3.8, 4) is 6.07 Å². The Morgan fingerprint density at radius 1 is 1.33 bits per heavy atom. The molecule has 0 aromatic heterocycles. The second-order valence-corrected chi connectivity index (χ2v) is 6.25. The summed E-state index contributed by atoms with van der Waals surface area (Å²) in [6, 6.07) is 8.70. The van der Waals surface area contributed by atoms with Crippen molar-refractivity contribution in [2.45, 2.75) is 32.7 Å². The smallest absolute Gasteiger partial charge is 0.229 e. The number of benzene rings is 1. The number of rotatable bonds is 2. The van der Waals surface area contributed by atoms with Gasteiger partial charge in [0.15, 0.2) is 0 Å². The van der Waals surface area contributed by atoms with E-state index < -0.39 is 0 Å². The second kappa shape index (κ2) is 5.57. The molecule has 1 N–H and O–H groups in total. The number of amides is 2. The van der Waals surface area contributed by atoms with Crippen LogP contribution in [0.2, 0.25) is 0 Å². The number of nitrogens with zero attached hydrogens (tertiary/aromatic N) is 2. The van der Waals surface area contributed by atoms with E-state index in [9.17, 15) is 9.59 Å². The predicted octanol–water partition coefficient (Wildman–Crippen LogP) is 2.14. The van der Waals surface area contributed by atoms with Crippen LogP contribution in [0.4, 0.5) is 5.69 Å². The van der Waals surface area contributed by atoms with Crippen molar-refractivity contribution in [2.75, 3.05) is 11.9 Å². The summed E-state index contributed by atoms with van der Waals surface area (Å²) in [7, 11) is 0. The molecule has 21 heavy (non-hydrogen) atoms. The third-order valence-corrected chi connectivity index (χ3v) is 3.59. The number of nitrogens with one attached hydrogen (secondary N) is 1. The molecule has 2 amide bonds. The number of hydrogen-bond donors (Lipinski definition) is 1. The predicted molar refractivity (Wildman–Crippen MR) is 79.4 cm³/mol. The SMILES string of the molecule is CC(C)(C)N1C[C@H](C(=O)Nc2ccc(C#N)cc2)CC1=O. The Morgan fingerprint density at radius 2 is 1.95 bits per heavy atom. The molecule has 1 atom stereocenters. The van der Waals surface area contributed by atoms with Crippen LogP contribution in [0.3, 0.4) is 0 Å². The van der Waals surface area contributed by atoms with Gasteiger partial charge >= 0.3 is 0 Å². The van der Waals surface area contributed by atoms with Gasteiger partial charge in [-0.2, -0.15) is 5.26 Å². The summed E-state index contributed by atoms with van der Waals surface area (Å²) in [4.78, 5) is 26.0. The summed E-state index contributed by atoms with van der Waals surface area (Å²) in [5.41, 5.74) is 0.921. The number of hydrogen-bond acceptors (Lipinski definition) is 3. The van der Waals surface area contributed by atoms with Crippen LogP contribution < -0.4 is 5.32 Å². The molecule has 1 aromatic carbocycles. The van der Waals surface area contributed by atoms with Crippen molar-refractivity contribution in [3.63, 3.8) is 0 Å². The Hall–Kier alpha value is -2.35. The maximum atomic E-state index is 12.2. The van der Waals surface area contributed by atoms with Crippen molar-refractivity contribution < 1.29 is 9.59 Å². The molecule has 0 spiro atoms. The summed E-state index contributed by atoms with van der Waals surface area (Å²) in [6.07, 6.45) is 0.249. The first kappa shape index (κ1) is 15.0. The fourth-order valence-corrected chi connectivity index (χ4v) is 2.40. The fraction of sp³-hybridized carbons (Fsp3) is 0.438. The molecule has 0 bridgehead atoms. The lowest BCUT2D eigenvalue weighted by atomic mass is 10.1. The van der Waals surface area contributed by atoms with Crippen LogP contribution in [-0.2, 0) is 9.59 Å². The molecule has 110 valence electrons. The first-order valence-corrected chi connectivity index (χ1v) is 6.93. The van der Waals surface area contributed by atoms with Crippen LogP contribution in [0.15, 0.2) is 24.3 Å². The lowest BCUT2D eigenvalue weighted by Gasteiger charge is -2.31. The van der Waals surface area contributed by atoms with E-state index in [-0.39, 0.29) is 29.7 Å². The highest BCUT2D eigenvalue weighted by molar-refractivity contribution is 5.97. The van der Waals surface area contributed by atoms with Crippen LogP contribution in [-0.4, -0.2) is 28.8 Å². The minimum absolute atomic E-state index is 0.0162. The third-order valence-electron chi connectivity index (χ3n) is 3.59. The van der Waals surface area contributed by atoms with E-state index in [4.69, 9.17) is 5.26 Å². The molecule has 0 saturated carbocycles. The Labute approximate surface area is 124 Å². The average Bonchev–Trinajstić information content (AvgIpc) is 2.82. The number of nitriles is 1. The largest absolute Gasteiger partial charge is 0.337 e. The Balaban J connectivity index is 2.01. The number of likely N-dealkylation sites (tertiary alicyclic amines) is 1. The van der Waals surface area contributed by atoms with Crippen LogP contribution in [0.1, 0.15) is 32.8 Å². The van der Waals surface area contributed by atoms with Gasteiger partial charge in [-0.3, -0.25) is 9.59 Å². The van der Waals surface area contributed by atoms with E-state index >= 15 is 0 Å². The summed E-state index contributed by atoms with van der Waals surface area (Å²) >= 11 is 0. The summed E-state index contributed by atoms with van der Waals surface area (Å²) < 4.78 is 0. The van der Waals surface area contributed by atoms with Crippen LogP contribution in [0, 0.1) is 17.2 Å². The minimum Gasteiger partial charge on any atom is -0.337 e. The van der Waals surface area contributed by atoms with Crippen LogP contribution in [0.5, 0.6) is 0 Å². The van der Waals surface area contributed by atoms with Crippen LogP contribution in [0.25, 0.3) is 0 Å². The Morgan fingerprint density at radius 3 is 2.43 bits per heavy atom. The van der Waals surface area contributed by atoms with E-state index in [1.807, 2.05) is 26.8 Å². The van der Waals surface area contributed by atoms with Gasteiger partial charge in [-0.1, -0.05) is 0 Å². The molecular formula is C16H19N3O2. The van der Waals surface area contributed by atoms with Gasteiger partial charge < -0.3 is 10.2 Å². The molecule has 0 aliphatic carbocycles. The molecule has 1 aliphatic heterocycles. The molecule has 1 aromatic rings. The molecular weight excluding hydrogens is 266 g/mol. The van der Waals surface area contributed by atoms with Crippen molar-refractivity contribution in [1.29, 1.82) is 5.26 Å². The van der Waals surface area contributed by atoms with Crippen molar-refractivity contribution in [1.82, 2.24) is 4.90 Å². The maximum Gasteiger partial charge on any atom is 0.229 e. The topological polar surface area (TPSA) is 73.2 Å². The van der Waals surface area contributed by atoms with Crippen molar-refractivity contribution in [3.05, 3.63) is 29.8 Å². The van der Waals surface area contributed by atoms with E-state index in [2.05, 4.69) is 5.32 Å². The highest BCUT2D eigenvalue weighted by Crippen LogP contribution is 2.26. The summed E-state index contributed by atoms with van der Waals surface area (Å²) in [5, 5.41) is 11.5. The molecule has 5 nitrogen and oxygen atoms in total. The lowest BCUT2D eigenvalue weighted by Crippen LogP contribution is -2.42. The number of carbonyl (C=O) groups excluding carboxylic acids is 2. The van der Waals surface area contributed by atoms with Gasteiger partial charge in [0.1, 0.15) is 0 Å². The third kappa shape index (κ3) is 3.40. The minimum atomic E-state index is -0.327. The van der Waals surface area contributed by atoms with Crippen molar-refractivity contribution in [2.24, 2.45) is 5.92 Å². The standard InChI is InChI=1S/C16H19N3O2/c1-16(2,3)19-10-12(8-14(19)20)15(21)18-13-6-4-11(9-17)5-7-13/h4-7,12H,8,10H2,1-3H3,(H,18,21)/t12-/m1/s1. The van der Waals surface area contributed by atoms with E-state index in [1.165, 1.54) is 0 Å². The number of anilines is 1. The van der Waals surface area contributed by atoms with Gasteiger partial charge in [-0.25, -0.2) is 0 Å². The first-order valence-electron chi connectivity index (χ1n) is 6.93. The summed E-state index contributed by atoms with van der Waals surface area (Å²) in [6.45, 7) is 6.34. The van der Waals surface area contributed by atoms with Gasteiger partial charge in [-0.15, -0.1) is 0 Å². The lowest BCUT2D eigenvalue weighted by molar-refractivity contribution is -0.131. The fourth-order valence-electron chi connectivity index (χ4n) is 2.40. The Kier molecular flexibility index (Phi) is 3.99. The van der Waals surface area contributed by atoms with Crippen molar-refractivity contribution >= 4 is 17.5 Å².